The molecule has 0 aliphatic carbocycles. The summed E-state index contributed by atoms with van der Waals surface area (Å²) < 4.78 is 15.7. The molecule has 0 amide bonds. The molecule has 6 heteroatoms. The molecular weight excluding hydrogens is 270 g/mol. The molecule has 1 aromatic carbocycles. The average molecular weight is 291 g/mol. The highest BCUT2D eigenvalue weighted by Gasteiger charge is 2.14. The lowest BCUT2D eigenvalue weighted by Gasteiger charge is -2.11. The highest BCUT2D eigenvalue weighted by molar-refractivity contribution is 5.58. The minimum atomic E-state index is 0.154. The zero-order valence-corrected chi connectivity index (χ0v) is 12.8. The number of likely N-dealkylation sites (N-methyl/N-ethyl adjacent to an activating group) is 1. The van der Waals surface area contributed by atoms with Crippen molar-refractivity contribution in [1.29, 1.82) is 0 Å². The van der Waals surface area contributed by atoms with Crippen molar-refractivity contribution in [3.63, 3.8) is 0 Å². The SMILES string of the molecule is CNC(COC)Cc1nc(-c2ccc(OC)c(C)c2)no1. The minimum Gasteiger partial charge on any atom is -0.496 e. The third-order valence-corrected chi connectivity index (χ3v) is 3.32. The number of methoxy groups -OCH3 is 2. The predicted octanol–water partition coefficient (Wildman–Crippen LogP) is 1.83. The van der Waals surface area contributed by atoms with E-state index in [2.05, 4.69) is 15.5 Å². The fourth-order valence-electron chi connectivity index (χ4n) is 2.13. The summed E-state index contributed by atoms with van der Waals surface area (Å²) >= 11 is 0. The third-order valence-electron chi connectivity index (χ3n) is 3.32. The maximum atomic E-state index is 5.31. The molecule has 0 aliphatic heterocycles. The quantitative estimate of drug-likeness (QED) is 0.839. The van der Waals surface area contributed by atoms with Crippen LogP contribution in [0.3, 0.4) is 0 Å². The van der Waals surface area contributed by atoms with Gasteiger partial charge in [0, 0.05) is 25.1 Å². The molecule has 1 aromatic heterocycles. The molecule has 1 heterocycles. The second kappa shape index (κ2) is 7.19. The van der Waals surface area contributed by atoms with Crippen LogP contribution in [0.1, 0.15) is 11.5 Å². The highest BCUT2D eigenvalue weighted by atomic mass is 16.5. The highest BCUT2D eigenvalue weighted by Crippen LogP contribution is 2.24. The van der Waals surface area contributed by atoms with Gasteiger partial charge >= 0.3 is 0 Å². The van der Waals surface area contributed by atoms with Crippen LogP contribution in [0.25, 0.3) is 11.4 Å². The number of aryl methyl sites for hydroxylation is 1. The van der Waals surface area contributed by atoms with Crippen molar-refractivity contribution >= 4 is 0 Å². The fraction of sp³-hybridized carbons (Fsp3) is 0.467. The standard InChI is InChI=1S/C15H21N3O3/c1-10-7-11(5-6-13(10)20-4)15-17-14(21-18-15)8-12(16-2)9-19-3/h5-7,12,16H,8-9H2,1-4H3. The number of ether oxygens (including phenoxy) is 2. The van der Waals surface area contributed by atoms with E-state index in [9.17, 15) is 0 Å². The van der Waals surface area contributed by atoms with Crippen LogP contribution in [0.15, 0.2) is 22.7 Å². The minimum absolute atomic E-state index is 0.154. The molecule has 0 saturated carbocycles. The number of hydrogen-bond donors (Lipinski definition) is 1. The van der Waals surface area contributed by atoms with Gasteiger partial charge in [0.25, 0.3) is 0 Å². The van der Waals surface area contributed by atoms with Gasteiger partial charge in [-0.3, -0.25) is 0 Å². The second-order valence-electron chi connectivity index (χ2n) is 4.84. The Morgan fingerprint density at radius 1 is 1.33 bits per heavy atom. The van der Waals surface area contributed by atoms with Gasteiger partial charge in [-0.15, -0.1) is 0 Å². The third kappa shape index (κ3) is 3.80. The van der Waals surface area contributed by atoms with Gasteiger partial charge < -0.3 is 19.3 Å². The fourth-order valence-corrected chi connectivity index (χ4v) is 2.13. The van der Waals surface area contributed by atoms with Crippen molar-refractivity contribution in [2.24, 2.45) is 0 Å². The lowest BCUT2D eigenvalue weighted by molar-refractivity contribution is 0.165. The normalized spacial score (nSPS) is 12.4. The molecule has 0 aliphatic rings. The van der Waals surface area contributed by atoms with E-state index >= 15 is 0 Å². The predicted molar refractivity (Wildman–Crippen MR) is 79.5 cm³/mol. The summed E-state index contributed by atoms with van der Waals surface area (Å²) in [5.41, 5.74) is 1.95. The molecule has 1 unspecified atom stereocenters. The molecule has 0 saturated heterocycles. The summed E-state index contributed by atoms with van der Waals surface area (Å²) in [4.78, 5) is 4.43. The van der Waals surface area contributed by atoms with E-state index in [1.807, 2.05) is 32.2 Å². The maximum absolute atomic E-state index is 5.31. The summed E-state index contributed by atoms with van der Waals surface area (Å²) in [5.74, 6) is 2.02. The van der Waals surface area contributed by atoms with Crippen molar-refractivity contribution in [3.8, 4) is 17.1 Å². The number of aromatic nitrogens is 2. The van der Waals surface area contributed by atoms with Gasteiger partial charge in [-0.1, -0.05) is 5.16 Å². The first-order valence-electron chi connectivity index (χ1n) is 6.81. The van der Waals surface area contributed by atoms with Crippen molar-refractivity contribution < 1.29 is 14.0 Å². The Morgan fingerprint density at radius 2 is 2.14 bits per heavy atom. The number of rotatable bonds is 7. The van der Waals surface area contributed by atoms with Crippen LogP contribution in [0.4, 0.5) is 0 Å². The maximum Gasteiger partial charge on any atom is 0.228 e. The summed E-state index contributed by atoms with van der Waals surface area (Å²) in [5, 5.41) is 7.19. The van der Waals surface area contributed by atoms with E-state index in [1.54, 1.807) is 14.2 Å². The smallest absolute Gasteiger partial charge is 0.228 e. The van der Waals surface area contributed by atoms with Crippen LogP contribution in [0.5, 0.6) is 5.75 Å². The molecular formula is C15H21N3O3. The Hall–Kier alpha value is -1.92. The monoisotopic (exact) mass is 291 g/mol. The van der Waals surface area contributed by atoms with Crippen LogP contribution in [0.2, 0.25) is 0 Å². The van der Waals surface area contributed by atoms with Crippen molar-refractivity contribution in [2.45, 2.75) is 19.4 Å². The first kappa shape index (κ1) is 15.5. The first-order chi connectivity index (χ1) is 10.2. The van der Waals surface area contributed by atoms with Gasteiger partial charge in [-0.2, -0.15) is 4.98 Å². The number of hydrogen-bond acceptors (Lipinski definition) is 6. The Balaban J connectivity index is 2.14. The summed E-state index contributed by atoms with van der Waals surface area (Å²) in [6, 6.07) is 5.96. The zero-order chi connectivity index (χ0) is 15.2. The van der Waals surface area contributed by atoms with Crippen molar-refractivity contribution in [3.05, 3.63) is 29.7 Å². The van der Waals surface area contributed by atoms with Crippen LogP contribution < -0.4 is 10.1 Å². The lowest BCUT2D eigenvalue weighted by atomic mass is 10.1. The van der Waals surface area contributed by atoms with E-state index in [0.717, 1.165) is 16.9 Å². The van der Waals surface area contributed by atoms with Crippen LogP contribution in [0, 0.1) is 6.92 Å². The molecule has 2 rings (SSSR count). The van der Waals surface area contributed by atoms with Gasteiger partial charge in [-0.25, -0.2) is 0 Å². The van der Waals surface area contributed by atoms with E-state index < -0.39 is 0 Å². The lowest BCUT2D eigenvalue weighted by Crippen LogP contribution is -2.32. The molecule has 114 valence electrons. The molecule has 1 N–H and O–H groups in total. The Labute approximate surface area is 124 Å². The molecule has 0 bridgehead atoms. The Kier molecular flexibility index (Phi) is 5.30. The van der Waals surface area contributed by atoms with E-state index in [1.165, 1.54) is 0 Å². The molecule has 1 atom stereocenters. The topological polar surface area (TPSA) is 69.4 Å². The van der Waals surface area contributed by atoms with Gasteiger partial charge in [0.15, 0.2) is 0 Å². The van der Waals surface area contributed by atoms with Crippen LogP contribution in [-0.2, 0) is 11.2 Å². The van der Waals surface area contributed by atoms with Crippen molar-refractivity contribution in [2.75, 3.05) is 27.9 Å². The molecule has 0 fully saturated rings. The van der Waals surface area contributed by atoms with E-state index in [-0.39, 0.29) is 6.04 Å². The number of benzene rings is 1. The zero-order valence-electron chi connectivity index (χ0n) is 12.8. The number of nitrogens with zero attached hydrogens (tertiary/aromatic N) is 2. The molecule has 6 nitrogen and oxygen atoms in total. The molecule has 0 radical (unpaired) electrons. The Bertz CT molecular complexity index is 583. The summed E-state index contributed by atoms with van der Waals surface area (Å²) in [6.07, 6.45) is 0.631. The molecule has 2 aromatic rings. The Morgan fingerprint density at radius 3 is 2.76 bits per heavy atom. The first-order valence-corrected chi connectivity index (χ1v) is 6.81. The van der Waals surface area contributed by atoms with E-state index in [0.29, 0.717) is 24.7 Å². The van der Waals surface area contributed by atoms with E-state index in [4.69, 9.17) is 14.0 Å². The van der Waals surface area contributed by atoms with Gasteiger partial charge in [-0.05, 0) is 37.7 Å². The van der Waals surface area contributed by atoms with Crippen LogP contribution in [-0.4, -0.2) is 44.1 Å². The van der Waals surface area contributed by atoms with Gasteiger partial charge in [0.05, 0.1) is 13.7 Å². The summed E-state index contributed by atoms with van der Waals surface area (Å²) in [7, 11) is 5.21. The average Bonchev–Trinajstić information content (AvgIpc) is 2.95. The summed E-state index contributed by atoms with van der Waals surface area (Å²) in [6.45, 7) is 2.58. The van der Waals surface area contributed by atoms with Crippen LogP contribution >= 0.6 is 0 Å². The van der Waals surface area contributed by atoms with Gasteiger partial charge in [0.2, 0.25) is 11.7 Å². The van der Waals surface area contributed by atoms with Gasteiger partial charge in [0.1, 0.15) is 5.75 Å². The molecule has 0 spiro atoms. The van der Waals surface area contributed by atoms with Crippen molar-refractivity contribution in [1.82, 2.24) is 15.5 Å². The molecule has 21 heavy (non-hydrogen) atoms. The number of nitrogens with one attached hydrogen (secondary N) is 1. The largest absolute Gasteiger partial charge is 0.496 e. The second-order valence-corrected chi connectivity index (χ2v) is 4.84.